The smallest absolute Gasteiger partial charge is 0.203 e. The van der Waals surface area contributed by atoms with E-state index in [1.807, 2.05) is 0 Å². The Bertz CT molecular complexity index is 651. The Hall–Kier alpha value is -2.87. The fraction of sp³-hybridized carbons (Fsp3) is 0.188. The van der Waals surface area contributed by atoms with Crippen molar-refractivity contribution in [3.63, 3.8) is 0 Å². The molecule has 5 heteroatoms. The zero-order valence-corrected chi connectivity index (χ0v) is 12.0. The highest BCUT2D eigenvalue weighted by Gasteiger charge is 2.15. The van der Waals surface area contributed by atoms with Gasteiger partial charge in [0.05, 0.1) is 26.9 Å². The second-order valence-corrected chi connectivity index (χ2v) is 4.07. The Morgan fingerprint density at radius 3 is 2.00 bits per heavy atom. The van der Waals surface area contributed by atoms with Crippen molar-refractivity contribution in [2.45, 2.75) is 0 Å². The molecular weight excluding hydrogens is 270 g/mol. The van der Waals surface area contributed by atoms with Gasteiger partial charge < -0.3 is 18.9 Å². The molecule has 0 saturated heterocycles. The summed E-state index contributed by atoms with van der Waals surface area (Å²) in [5.74, 6) is 2.42. The van der Waals surface area contributed by atoms with Crippen molar-refractivity contribution in [1.29, 1.82) is 5.26 Å². The average Bonchev–Trinajstić information content (AvgIpc) is 2.54. The first-order valence-corrected chi connectivity index (χ1v) is 6.20. The molecular formula is C16H15NO4. The predicted molar refractivity (Wildman–Crippen MR) is 77.3 cm³/mol. The second-order valence-electron chi connectivity index (χ2n) is 4.07. The molecule has 0 aliphatic heterocycles. The molecule has 0 aromatic heterocycles. The summed E-state index contributed by atoms with van der Waals surface area (Å²) in [7, 11) is 4.60. The lowest BCUT2D eigenvalue weighted by molar-refractivity contribution is 0.321. The van der Waals surface area contributed by atoms with E-state index in [0.717, 1.165) is 0 Å². The summed E-state index contributed by atoms with van der Waals surface area (Å²) < 4.78 is 21.5. The summed E-state index contributed by atoms with van der Waals surface area (Å²) in [6, 6.07) is 12.4. The zero-order chi connectivity index (χ0) is 15.2. The Morgan fingerprint density at radius 2 is 1.48 bits per heavy atom. The molecule has 0 aliphatic carbocycles. The van der Waals surface area contributed by atoms with Crippen LogP contribution in [0.3, 0.4) is 0 Å². The molecule has 0 unspecified atom stereocenters. The molecule has 0 amide bonds. The van der Waals surface area contributed by atoms with Gasteiger partial charge in [-0.25, -0.2) is 0 Å². The summed E-state index contributed by atoms with van der Waals surface area (Å²) in [4.78, 5) is 0. The van der Waals surface area contributed by atoms with Crippen LogP contribution in [0.15, 0.2) is 36.4 Å². The van der Waals surface area contributed by atoms with Crippen molar-refractivity contribution in [3.05, 3.63) is 42.0 Å². The summed E-state index contributed by atoms with van der Waals surface area (Å²) in [5, 5.41) is 9.08. The second kappa shape index (κ2) is 6.53. The van der Waals surface area contributed by atoms with E-state index < -0.39 is 0 Å². The number of methoxy groups -OCH3 is 3. The van der Waals surface area contributed by atoms with Crippen molar-refractivity contribution >= 4 is 0 Å². The number of nitriles is 1. The first-order chi connectivity index (χ1) is 10.2. The molecule has 108 valence electrons. The Balaban J connectivity index is 2.43. The highest BCUT2D eigenvalue weighted by molar-refractivity contribution is 5.57. The molecule has 0 spiro atoms. The van der Waals surface area contributed by atoms with Crippen molar-refractivity contribution in [3.8, 4) is 34.8 Å². The molecule has 0 aliphatic rings. The maximum absolute atomic E-state index is 9.08. The van der Waals surface area contributed by atoms with E-state index in [9.17, 15) is 0 Å². The third-order valence-electron chi connectivity index (χ3n) is 2.87. The number of ether oxygens (including phenoxy) is 4. The van der Waals surface area contributed by atoms with E-state index in [0.29, 0.717) is 34.3 Å². The molecule has 0 atom stereocenters. The van der Waals surface area contributed by atoms with Crippen LogP contribution < -0.4 is 18.9 Å². The quantitative estimate of drug-likeness (QED) is 0.842. The fourth-order valence-corrected chi connectivity index (χ4v) is 1.89. The summed E-state index contributed by atoms with van der Waals surface area (Å²) in [6.45, 7) is 0. The van der Waals surface area contributed by atoms with Gasteiger partial charge in [0.15, 0.2) is 11.5 Å². The predicted octanol–water partition coefficient (Wildman–Crippen LogP) is 3.38. The van der Waals surface area contributed by atoms with Crippen molar-refractivity contribution in [2.24, 2.45) is 0 Å². The lowest BCUT2D eigenvalue weighted by Gasteiger charge is -2.14. The first-order valence-electron chi connectivity index (χ1n) is 6.20. The van der Waals surface area contributed by atoms with Crippen LogP contribution in [0.2, 0.25) is 0 Å². The van der Waals surface area contributed by atoms with Gasteiger partial charge in [-0.05, 0) is 12.1 Å². The van der Waals surface area contributed by atoms with Gasteiger partial charge in [-0.2, -0.15) is 5.26 Å². The van der Waals surface area contributed by atoms with Gasteiger partial charge in [0.1, 0.15) is 17.6 Å². The van der Waals surface area contributed by atoms with Gasteiger partial charge in [0.25, 0.3) is 0 Å². The minimum Gasteiger partial charge on any atom is -0.493 e. The maximum Gasteiger partial charge on any atom is 0.203 e. The monoisotopic (exact) mass is 285 g/mol. The van der Waals surface area contributed by atoms with Crippen LogP contribution in [-0.2, 0) is 0 Å². The van der Waals surface area contributed by atoms with E-state index in [4.69, 9.17) is 24.2 Å². The van der Waals surface area contributed by atoms with Gasteiger partial charge in [-0.1, -0.05) is 12.1 Å². The highest BCUT2D eigenvalue weighted by Crippen LogP contribution is 2.42. The molecule has 21 heavy (non-hydrogen) atoms. The van der Waals surface area contributed by atoms with Crippen LogP contribution in [-0.4, -0.2) is 21.3 Å². The van der Waals surface area contributed by atoms with E-state index >= 15 is 0 Å². The number of benzene rings is 2. The van der Waals surface area contributed by atoms with E-state index in [2.05, 4.69) is 6.07 Å². The number of hydrogen-bond acceptors (Lipinski definition) is 5. The minimum absolute atomic E-state index is 0.450. The van der Waals surface area contributed by atoms with E-state index in [1.54, 1.807) is 36.4 Å². The van der Waals surface area contributed by atoms with Gasteiger partial charge in [-0.3, -0.25) is 0 Å². The lowest BCUT2D eigenvalue weighted by atomic mass is 10.2. The fourth-order valence-electron chi connectivity index (χ4n) is 1.89. The van der Waals surface area contributed by atoms with Crippen LogP contribution in [0, 0.1) is 11.3 Å². The summed E-state index contributed by atoms with van der Waals surface area (Å²) in [6.07, 6.45) is 0. The molecule has 0 heterocycles. The Morgan fingerprint density at radius 1 is 0.857 bits per heavy atom. The molecule has 2 aromatic carbocycles. The standard InChI is InChI=1S/C16H15NO4/c1-18-14-8-12(9-15(19-2)16(14)20-3)21-13-7-5-4-6-11(13)10-17/h4-9H,1-3H3. The Labute approximate surface area is 123 Å². The molecule has 5 nitrogen and oxygen atoms in total. The molecule has 0 bridgehead atoms. The van der Waals surface area contributed by atoms with Crippen molar-refractivity contribution in [1.82, 2.24) is 0 Å². The van der Waals surface area contributed by atoms with Crippen LogP contribution in [0.5, 0.6) is 28.7 Å². The van der Waals surface area contributed by atoms with Gasteiger partial charge >= 0.3 is 0 Å². The number of para-hydroxylation sites is 1. The van der Waals surface area contributed by atoms with Crippen molar-refractivity contribution in [2.75, 3.05) is 21.3 Å². The van der Waals surface area contributed by atoms with Crippen LogP contribution in [0.1, 0.15) is 5.56 Å². The molecule has 2 rings (SSSR count). The van der Waals surface area contributed by atoms with Crippen LogP contribution in [0.4, 0.5) is 0 Å². The minimum atomic E-state index is 0.450. The highest BCUT2D eigenvalue weighted by atomic mass is 16.5. The molecule has 2 aromatic rings. The largest absolute Gasteiger partial charge is 0.493 e. The molecule has 0 fully saturated rings. The lowest BCUT2D eigenvalue weighted by Crippen LogP contribution is -1.96. The van der Waals surface area contributed by atoms with Gasteiger partial charge in [0.2, 0.25) is 5.75 Å². The normalized spacial score (nSPS) is 9.62. The van der Waals surface area contributed by atoms with E-state index in [-0.39, 0.29) is 0 Å². The maximum atomic E-state index is 9.08. The average molecular weight is 285 g/mol. The SMILES string of the molecule is COc1cc(Oc2ccccc2C#N)cc(OC)c1OC. The zero-order valence-electron chi connectivity index (χ0n) is 12.0. The number of rotatable bonds is 5. The molecule has 0 radical (unpaired) electrons. The first kappa shape index (κ1) is 14.5. The third-order valence-corrected chi connectivity index (χ3v) is 2.87. The summed E-state index contributed by atoms with van der Waals surface area (Å²) in [5.41, 5.74) is 0.450. The number of nitrogens with zero attached hydrogens (tertiary/aromatic N) is 1. The third kappa shape index (κ3) is 3.00. The molecule has 0 saturated carbocycles. The van der Waals surface area contributed by atoms with E-state index in [1.165, 1.54) is 21.3 Å². The molecule has 0 N–H and O–H groups in total. The number of hydrogen-bond donors (Lipinski definition) is 0. The Kier molecular flexibility index (Phi) is 4.52. The van der Waals surface area contributed by atoms with Gasteiger partial charge in [-0.15, -0.1) is 0 Å². The van der Waals surface area contributed by atoms with Gasteiger partial charge in [0, 0.05) is 12.1 Å². The van der Waals surface area contributed by atoms with Crippen LogP contribution in [0.25, 0.3) is 0 Å². The summed E-state index contributed by atoms with van der Waals surface area (Å²) >= 11 is 0. The topological polar surface area (TPSA) is 60.7 Å². The van der Waals surface area contributed by atoms with Crippen LogP contribution >= 0.6 is 0 Å². The van der Waals surface area contributed by atoms with Crippen molar-refractivity contribution < 1.29 is 18.9 Å².